The van der Waals surface area contributed by atoms with Crippen LogP contribution in [0.15, 0.2) is 24.3 Å². The van der Waals surface area contributed by atoms with Gasteiger partial charge >= 0.3 is 0 Å². The van der Waals surface area contributed by atoms with E-state index in [1.54, 1.807) is 0 Å². The number of hydrogen-bond donors (Lipinski definition) is 1. The SMILES string of the molecule is CCNCc1cc(C)nc(Oc2c(C)cc(Cl)cc2C)c1. The molecule has 0 aliphatic heterocycles. The summed E-state index contributed by atoms with van der Waals surface area (Å²) < 4.78 is 6.00. The van der Waals surface area contributed by atoms with E-state index in [4.69, 9.17) is 16.3 Å². The van der Waals surface area contributed by atoms with Gasteiger partial charge in [0.2, 0.25) is 5.88 Å². The van der Waals surface area contributed by atoms with Crippen LogP contribution in [0.3, 0.4) is 0 Å². The van der Waals surface area contributed by atoms with Crippen molar-refractivity contribution in [1.82, 2.24) is 10.3 Å². The third-order valence-corrected chi connectivity index (χ3v) is 3.42. The maximum Gasteiger partial charge on any atom is 0.219 e. The van der Waals surface area contributed by atoms with Crippen LogP contribution >= 0.6 is 11.6 Å². The van der Waals surface area contributed by atoms with Gasteiger partial charge in [-0.15, -0.1) is 0 Å². The normalized spacial score (nSPS) is 10.7. The highest BCUT2D eigenvalue weighted by Crippen LogP contribution is 2.31. The highest BCUT2D eigenvalue weighted by molar-refractivity contribution is 6.30. The van der Waals surface area contributed by atoms with Crippen molar-refractivity contribution in [2.24, 2.45) is 0 Å². The molecule has 0 amide bonds. The molecule has 0 spiro atoms. The minimum Gasteiger partial charge on any atom is -0.438 e. The molecule has 0 radical (unpaired) electrons. The van der Waals surface area contributed by atoms with E-state index >= 15 is 0 Å². The quantitative estimate of drug-likeness (QED) is 0.879. The third-order valence-electron chi connectivity index (χ3n) is 3.20. The fourth-order valence-corrected chi connectivity index (χ4v) is 2.62. The van der Waals surface area contributed by atoms with Gasteiger partial charge in [0.05, 0.1) is 0 Å². The molecule has 3 nitrogen and oxygen atoms in total. The molecule has 2 rings (SSSR count). The van der Waals surface area contributed by atoms with Gasteiger partial charge in [-0.1, -0.05) is 18.5 Å². The number of benzene rings is 1. The van der Waals surface area contributed by atoms with Crippen molar-refractivity contribution in [3.05, 3.63) is 51.7 Å². The van der Waals surface area contributed by atoms with Crippen LogP contribution in [0.2, 0.25) is 5.02 Å². The number of aryl methyl sites for hydroxylation is 3. The fourth-order valence-electron chi connectivity index (χ4n) is 2.29. The Bertz CT molecular complexity index is 618. The Labute approximate surface area is 131 Å². The fraction of sp³-hybridized carbons (Fsp3) is 0.353. The Morgan fingerprint density at radius 3 is 2.38 bits per heavy atom. The second-order valence-electron chi connectivity index (χ2n) is 5.21. The van der Waals surface area contributed by atoms with Crippen molar-refractivity contribution in [2.75, 3.05) is 6.54 Å². The molecule has 21 heavy (non-hydrogen) atoms. The van der Waals surface area contributed by atoms with Crippen molar-refractivity contribution >= 4 is 11.6 Å². The number of nitrogens with one attached hydrogen (secondary N) is 1. The van der Waals surface area contributed by atoms with E-state index in [0.717, 1.165) is 40.7 Å². The lowest BCUT2D eigenvalue weighted by atomic mass is 10.1. The molecule has 0 saturated carbocycles. The Kier molecular flexibility index (Phi) is 5.21. The summed E-state index contributed by atoms with van der Waals surface area (Å²) in [6.45, 7) is 9.80. The van der Waals surface area contributed by atoms with Crippen LogP contribution < -0.4 is 10.1 Å². The van der Waals surface area contributed by atoms with Crippen molar-refractivity contribution in [2.45, 2.75) is 34.2 Å². The van der Waals surface area contributed by atoms with Crippen LogP contribution in [-0.2, 0) is 6.54 Å². The highest BCUT2D eigenvalue weighted by atomic mass is 35.5. The van der Waals surface area contributed by atoms with Crippen LogP contribution in [0.5, 0.6) is 11.6 Å². The molecule has 1 aromatic carbocycles. The molecule has 0 aliphatic carbocycles. The molecule has 0 fully saturated rings. The average molecular weight is 305 g/mol. The van der Waals surface area contributed by atoms with Crippen LogP contribution in [0.1, 0.15) is 29.3 Å². The first-order valence-electron chi connectivity index (χ1n) is 7.12. The second-order valence-corrected chi connectivity index (χ2v) is 5.64. The van der Waals surface area contributed by atoms with E-state index in [9.17, 15) is 0 Å². The lowest BCUT2D eigenvalue weighted by Crippen LogP contribution is -2.12. The van der Waals surface area contributed by atoms with Gasteiger partial charge in [0.1, 0.15) is 5.75 Å². The molecule has 0 unspecified atom stereocenters. The van der Waals surface area contributed by atoms with Gasteiger partial charge in [-0.3, -0.25) is 0 Å². The summed E-state index contributed by atoms with van der Waals surface area (Å²) in [5, 5.41) is 4.04. The monoisotopic (exact) mass is 304 g/mol. The molecule has 112 valence electrons. The molecular formula is C17H21ClN2O. The molecule has 4 heteroatoms. The van der Waals surface area contributed by atoms with Crippen LogP contribution in [0.4, 0.5) is 0 Å². The van der Waals surface area contributed by atoms with E-state index in [1.165, 1.54) is 5.56 Å². The number of aromatic nitrogens is 1. The number of nitrogens with zero attached hydrogens (tertiary/aromatic N) is 1. The summed E-state index contributed by atoms with van der Waals surface area (Å²) in [6, 6.07) is 7.85. The van der Waals surface area contributed by atoms with Crippen molar-refractivity contribution in [1.29, 1.82) is 0 Å². The molecular weight excluding hydrogens is 284 g/mol. The summed E-state index contributed by atoms with van der Waals surface area (Å²) in [5.74, 6) is 1.45. The first-order valence-corrected chi connectivity index (χ1v) is 7.50. The Hall–Kier alpha value is -1.58. The summed E-state index contributed by atoms with van der Waals surface area (Å²) in [4.78, 5) is 4.46. The third kappa shape index (κ3) is 4.19. The number of halogens is 1. The topological polar surface area (TPSA) is 34.2 Å². The Morgan fingerprint density at radius 2 is 1.76 bits per heavy atom. The zero-order valence-corrected chi connectivity index (χ0v) is 13.7. The first-order chi connectivity index (χ1) is 9.99. The molecule has 0 saturated heterocycles. The lowest BCUT2D eigenvalue weighted by Gasteiger charge is -2.13. The Morgan fingerprint density at radius 1 is 1.10 bits per heavy atom. The van der Waals surface area contributed by atoms with E-state index in [-0.39, 0.29) is 0 Å². The predicted octanol–water partition coefficient (Wildman–Crippen LogP) is 4.56. The minimum absolute atomic E-state index is 0.622. The first kappa shape index (κ1) is 15.8. The zero-order chi connectivity index (χ0) is 15.4. The molecule has 0 bridgehead atoms. The van der Waals surface area contributed by atoms with E-state index in [0.29, 0.717) is 5.88 Å². The average Bonchev–Trinajstić information content (AvgIpc) is 2.40. The van der Waals surface area contributed by atoms with Crippen molar-refractivity contribution < 1.29 is 4.74 Å². The largest absolute Gasteiger partial charge is 0.438 e. The van der Waals surface area contributed by atoms with Gasteiger partial charge in [-0.05, 0) is 62.2 Å². The molecule has 0 atom stereocenters. The molecule has 1 aromatic heterocycles. The van der Waals surface area contributed by atoms with Crippen LogP contribution in [0, 0.1) is 20.8 Å². The van der Waals surface area contributed by atoms with Gasteiger partial charge in [-0.25, -0.2) is 4.98 Å². The van der Waals surface area contributed by atoms with Gasteiger partial charge in [0, 0.05) is 23.3 Å². The standard InChI is InChI=1S/C17H21ClN2O/c1-5-19-10-14-8-13(4)20-16(9-14)21-17-11(2)6-15(18)7-12(17)3/h6-9,19H,5,10H2,1-4H3. The molecule has 1 heterocycles. The lowest BCUT2D eigenvalue weighted by molar-refractivity contribution is 0.453. The summed E-state index contributed by atoms with van der Waals surface area (Å²) in [6.07, 6.45) is 0. The maximum absolute atomic E-state index is 6.05. The summed E-state index contributed by atoms with van der Waals surface area (Å²) >= 11 is 6.05. The van der Waals surface area contributed by atoms with Crippen LogP contribution in [0.25, 0.3) is 0 Å². The number of pyridine rings is 1. The van der Waals surface area contributed by atoms with E-state index in [2.05, 4.69) is 23.3 Å². The van der Waals surface area contributed by atoms with E-state index in [1.807, 2.05) is 39.0 Å². The van der Waals surface area contributed by atoms with Gasteiger partial charge in [-0.2, -0.15) is 0 Å². The maximum atomic E-state index is 6.05. The molecule has 1 N–H and O–H groups in total. The van der Waals surface area contributed by atoms with E-state index < -0.39 is 0 Å². The van der Waals surface area contributed by atoms with Gasteiger partial charge in [0.15, 0.2) is 0 Å². The second kappa shape index (κ2) is 6.92. The number of rotatable bonds is 5. The molecule has 0 aliphatic rings. The van der Waals surface area contributed by atoms with Gasteiger partial charge < -0.3 is 10.1 Å². The predicted molar refractivity (Wildman–Crippen MR) is 87.4 cm³/mol. The minimum atomic E-state index is 0.622. The number of hydrogen-bond acceptors (Lipinski definition) is 3. The van der Waals surface area contributed by atoms with Crippen molar-refractivity contribution in [3.63, 3.8) is 0 Å². The number of ether oxygens (including phenoxy) is 1. The Balaban J connectivity index is 2.29. The zero-order valence-electron chi connectivity index (χ0n) is 13.0. The summed E-state index contributed by atoms with van der Waals surface area (Å²) in [7, 11) is 0. The van der Waals surface area contributed by atoms with Crippen molar-refractivity contribution in [3.8, 4) is 11.6 Å². The van der Waals surface area contributed by atoms with Gasteiger partial charge in [0.25, 0.3) is 0 Å². The van der Waals surface area contributed by atoms with Crippen LogP contribution in [-0.4, -0.2) is 11.5 Å². The summed E-state index contributed by atoms with van der Waals surface area (Å²) in [5.41, 5.74) is 4.14. The smallest absolute Gasteiger partial charge is 0.219 e. The highest BCUT2D eigenvalue weighted by Gasteiger charge is 2.09. The molecule has 2 aromatic rings.